The number of carbonyl (C=O) groups is 3. The third kappa shape index (κ3) is 3.44. The molecule has 4 aromatic carbocycles. The van der Waals surface area contributed by atoms with E-state index in [4.69, 9.17) is 23.2 Å². The highest BCUT2D eigenvalue weighted by molar-refractivity contribution is 6.31. The van der Waals surface area contributed by atoms with Gasteiger partial charge in [0.15, 0.2) is 11.6 Å². The summed E-state index contributed by atoms with van der Waals surface area (Å²) in [7, 11) is 0. The van der Waals surface area contributed by atoms with Crippen molar-refractivity contribution < 1.29 is 14.4 Å². The van der Waals surface area contributed by atoms with Crippen molar-refractivity contribution in [1.29, 1.82) is 0 Å². The van der Waals surface area contributed by atoms with Crippen LogP contribution in [0.3, 0.4) is 0 Å². The number of anilines is 2. The molecule has 0 unspecified atom stereocenters. The molecule has 1 spiro atoms. The first-order valence-corrected chi connectivity index (χ1v) is 13.7. The topological polar surface area (TPSA) is 66.5 Å². The van der Waals surface area contributed by atoms with Crippen molar-refractivity contribution in [3.05, 3.63) is 135 Å². The summed E-state index contributed by atoms with van der Waals surface area (Å²) in [6.07, 6.45) is 3.86. The SMILES string of the molecule is O=C(c1ccccc1)[C@@H]1[C@H](C(=O)c2ccc(Cl)cc2)[C@]2(C(=O)Nc3ccccc32)[C@@H]2C=Cc3cc(Cl)ccc3N12. The molecular weight excluding hydrogens is 543 g/mol. The van der Waals surface area contributed by atoms with Crippen molar-refractivity contribution >= 4 is 58.1 Å². The van der Waals surface area contributed by atoms with Crippen LogP contribution in [-0.2, 0) is 10.2 Å². The maximum absolute atomic E-state index is 14.7. The Kier molecular flexibility index (Phi) is 5.70. The first-order chi connectivity index (χ1) is 19.4. The Hall–Kier alpha value is -4.19. The minimum absolute atomic E-state index is 0.233. The normalized spacial score (nSPS) is 23.9. The number of hydrogen-bond acceptors (Lipinski definition) is 4. The van der Waals surface area contributed by atoms with Gasteiger partial charge >= 0.3 is 0 Å². The standard InChI is InChI=1S/C33H22Cl2N2O3/c34-22-13-10-20(11-14-22)30(38)28-29(31(39)19-6-2-1-3-7-19)37-26-16-15-23(35)18-21(26)12-17-27(37)33(28)24-8-4-5-9-25(24)36-32(33)40/h1-18,27-29H,(H,36,40)/t27-,28+,29-,33+/m0/s1. The number of fused-ring (bicyclic) bond motifs is 6. The lowest BCUT2D eigenvalue weighted by Crippen LogP contribution is -2.51. The third-order valence-corrected chi connectivity index (χ3v) is 8.82. The van der Waals surface area contributed by atoms with Crippen LogP contribution in [0.2, 0.25) is 10.0 Å². The van der Waals surface area contributed by atoms with E-state index in [9.17, 15) is 14.4 Å². The predicted octanol–water partition coefficient (Wildman–Crippen LogP) is 6.85. The van der Waals surface area contributed by atoms with Gasteiger partial charge in [-0.15, -0.1) is 0 Å². The molecule has 0 aromatic heterocycles. The molecule has 1 amide bonds. The number of halogens is 2. The molecule has 0 radical (unpaired) electrons. The summed E-state index contributed by atoms with van der Waals surface area (Å²) < 4.78 is 0. The van der Waals surface area contributed by atoms with Crippen LogP contribution in [-0.4, -0.2) is 29.6 Å². The highest BCUT2D eigenvalue weighted by atomic mass is 35.5. The summed E-state index contributed by atoms with van der Waals surface area (Å²) in [5, 5.41) is 4.08. The lowest BCUT2D eigenvalue weighted by atomic mass is 9.64. The lowest BCUT2D eigenvalue weighted by molar-refractivity contribution is -0.121. The zero-order valence-electron chi connectivity index (χ0n) is 21.1. The zero-order valence-corrected chi connectivity index (χ0v) is 22.6. The minimum atomic E-state index is -1.36. The first-order valence-electron chi connectivity index (χ1n) is 13.0. The van der Waals surface area contributed by atoms with Crippen molar-refractivity contribution in [1.82, 2.24) is 0 Å². The van der Waals surface area contributed by atoms with Gasteiger partial charge < -0.3 is 10.2 Å². The monoisotopic (exact) mass is 564 g/mol. The zero-order chi connectivity index (χ0) is 27.6. The number of amides is 1. The van der Waals surface area contributed by atoms with E-state index in [0.717, 1.165) is 11.3 Å². The summed E-state index contributed by atoms with van der Waals surface area (Å²) in [5.41, 5.74) is 2.39. The van der Waals surface area contributed by atoms with E-state index < -0.39 is 23.4 Å². The molecule has 4 aromatic rings. The Labute approximate surface area is 241 Å². The Morgan fingerprint density at radius 1 is 0.775 bits per heavy atom. The molecule has 5 nitrogen and oxygen atoms in total. The summed E-state index contributed by atoms with van der Waals surface area (Å²) in [6.45, 7) is 0. The number of para-hydroxylation sites is 1. The summed E-state index contributed by atoms with van der Waals surface area (Å²) in [4.78, 5) is 45.5. The van der Waals surface area contributed by atoms with Crippen LogP contribution in [0.4, 0.5) is 11.4 Å². The molecule has 196 valence electrons. The number of benzene rings is 4. The molecule has 0 aliphatic carbocycles. The van der Waals surface area contributed by atoms with E-state index in [1.807, 2.05) is 59.5 Å². The first kappa shape index (κ1) is 24.8. The lowest BCUT2D eigenvalue weighted by Gasteiger charge is -2.37. The average molecular weight is 565 g/mol. The predicted molar refractivity (Wildman–Crippen MR) is 157 cm³/mol. The Morgan fingerprint density at radius 3 is 2.23 bits per heavy atom. The van der Waals surface area contributed by atoms with Gasteiger partial charge in [0.05, 0.1) is 12.0 Å². The maximum Gasteiger partial charge on any atom is 0.238 e. The molecule has 7 rings (SSSR count). The molecule has 3 aliphatic heterocycles. The molecule has 4 atom stereocenters. The Bertz CT molecular complexity index is 1730. The van der Waals surface area contributed by atoms with Gasteiger partial charge in [0.1, 0.15) is 11.5 Å². The number of nitrogens with zero attached hydrogens (tertiary/aromatic N) is 1. The number of carbonyl (C=O) groups excluding carboxylic acids is 3. The van der Waals surface area contributed by atoms with Crippen molar-refractivity contribution in [2.45, 2.75) is 17.5 Å². The van der Waals surface area contributed by atoms with E-state index >= 15 is 0 Å². The van der Waals surface area contributed by atoms with Crippen LogP contribution in [0, 0.1) is 5.92 Å². The fourth-order valence-electron chi connectivity index (χ4n) is 6.72. The number of hydrogen-bond donors (Lipinski definition) is 1. The molecular formula is C33H22Cl2N2O3. The molecule has 3 aliphatic rings. The molecule has 40 heavy (non-hydrogen) atoms. The third-order valence-electron chi connectivity index (χ3n) is 8.33. The van der Waals surface area contributed by atoms with Crippen LogP contribution in [0.1, 0.15) is 31.8 Å². The van der Waals surface area contributed by atoms with E-state index in [2.05, 4.69) is 5.32 Å². The van der Waals surface area contributed by atoms with Crippen molar-refractivity contribution in [2.24, 2.45) is 5.92 Å². The maximum atomic E-state index is 14.7. The molecule has 1 fully saturated rings. The fourth-order valence-corrected chi connectivity index (χ4v) is 7.02. The van der Waals surface area contributed by atoms with Gasteiger partial charge in [-0.2, -0.15) is 0 Å². The van der Waals surface area contributed by atoms with Crippen molar-refractivity contribution in [2.75, 3.05) is 10.2 Å². The fraction of sp³-hybridized carbons (Fsp3) is 0.121. The minimum Gasteiger partial charge on any atom is -0.352 e. The number of ketones is 2. The van der Waals surface area contributed by atoms with Gasteiger partial charge in [-0.1, -0.05) is 83.9 Å². The second-order valence-corrected chi connectivity index (χ2v) is 11.2. The van der Waals surface area contributed by atoms with E-state index in [0.29, 0.717) is 32.4 Å². The number of Topliss-reactive ketones (excluding diaryl/α,β-unsaturated/α-hetero) is 2. The molecule has 3 heterocycles. The summed E-state index contributed by atoms with van der Waals surface area (Å²) >= 11 is 12.5. The Balaban J connectivity index is 1.54. The average Bonchev–Trinajstić information content (AvgIpc) is 3.45. The smallest absolute Gasteiger partial charge is 0.238 e. The van der Waals surface area contributed by atoms with Gasteiger partial charge in [-0.25, -0.2) is 0 Å². The number of rotatable bonds is 4. The van der Waals surface area contributed by atoms with Gasteiger partial charge in [-0.3, -0.25) is 14.4 Å². The molecule has 1 saturated heterocycles. The molecule has 7 heteroatoms. The largest absolute Gasteiger partial charge is 0.352 e. The van der Waals surface area contributed by atoms with Gasteiger partial charge in [-0.05, 0) is 59.7 Å². The molecule has 1 N–H and O–H groups in total. The van der Waals surface area contributed by atoms with Crippen molar-refractivity contribution in [3.8, 4) is 0 Å². The summed E-state index contributed by atoms with van der Waals surface area (Å²) in [6, 6.07) is 26.9. The molecule has 0 bridgehead atoms. The molecule has 0 saturated carbocycles. The van der Waals surface area contributed by atoms with Gasteiger partial charge in [0, 0.05) is 32.5 Å². The van der Waals surface area contributed by atoms with E-state index in [1.165, 1.54) is 0 Å². The quantitative estimate of drug-likeness (QED) is 0.275. The van der Waals surface area contributed by atoms with Crippen LogP contribution in [0.5, 0.6) is 0 Å². The number of nitrogens with one attached hydrogen (secondary N) is 1. The van der Waals surface area contributed by atoms with Gasteiger partial charge in [0.2, 0.25) is 5.91 Å². The van der Waals surface area contributed by atoms with E-state index in [-0.39, 0.29) is 17.5 Å². The van der Waals surface area contributed by atoms with E-state index in [1.54, 1.807) is 54.6 Å². The second kappa shape index (κ2) is 9.19. The summed E-state index contributed by atoms with van der Waals surface area (Å²) in [5.74, 6) is -1.87. The van der Waals surface area contributed by atoms with Crippen LogP contribution in [0.25, 0.3) is 6.08 Å². The van der Waals surface area contributed by atoms with Crippen LogP contribution >= 0.6 is 23.2 Å². The second-order valence-electron chi connectivity index (χ2n) is 10.3. The van der Waals surface area contributed by atoms with Crippen LogP contribution < -0.4 is 10.2 Å². The Morgan fingerprint density at radius 2 is 1.45 bits per heavy atom. The highest BCUT2D eigenvalue weighted by Crippen LogP contribution is 2.58. The van der Waals surface area contributed by atoms with Gasteiger partial charge in [0.25, 0.3) is 0 Å². The highest BCUT2D eigenvalue weighted by Gasteiger charge is 2.70. The van der Waals surface area contributed by atoms with Crippen molar-refractivity contribution in [3.63, 3.8) is 0 Å². The van der Waals surface area contributed by atoms with Crippen LogP contribution in [0.15, 0.2) is 103 Å².